The van der Waals surface area contributed by atoms with Crippen molar-refractivity contribution in [3.05, 3.63) is 95.2 Å². The zero-order valence-electron chi connectivity index (χ0n) is 23.4. The number of halogens is 3. The molecule has 1 saturated heterocycles. The Morgan fingerprint density at radius 2 is 1.71 bits per heavy atom. The van der Waals surface area contributed by atoms with Gasteiger partial charge in [0.1, 0.15) is 6.04 Å². The van der Waals surface area contributed by atoms with E-state index >= 15 is 0 Å². The standard InChI is InChI=1S/C31H33F3N4O4/c1-4-14-37-25-18-38(24(15-21-10-6-5-7-11-21)28(39)36-16-19(2)42-20(3)17-36)29(40)26(25)27(35-30(37)41)22-12-8-9-13-23(22)31(32,33)34/h4-13,19-20,24,27H,1,14-18H2,2-3H3,(H,35,41)/t19-,20+,24-,27-/m1/s1. The van der Waals surface area contributed by atoms with Crippen molar-refractivity contribution in [3.63, 3.8) is 0 Å². The van der Waals surface area contributed by atoms with Crippen molar-refractivity contribution in [1.82, 2.24) is 20.0 Å². The van der Waals surface area contributed by atoms with Crippen LogP contribution in [0.2, 0.25) is 0 Å². The van der Waals surface area contributed by atoms with Crippen LogP contribution >= 0.6 is 0 Å². The summed E-state index contributed by atoms with van der Waals surface area (Å²) in [6.07, 6.45) is -3.45. The van der Waals surface area contributed by atoms with Crippen LogP contribution in [-0.2, 0) is 26.9 Å². The van der Waals surface area contributed by atoms with E-state index in [4.69, 9.17) is 4.74 Å². The number of benzene rings is 2. The molecule has 11 heteroatoms. The van der Waals surface area contributed by atoms with Gasteiger partial charge in [0.25, 0.3) is 5.91 Å². The van der Waals surface area contributed by atoms with Crippen LogP contribution in [0.3, 0.4) is 0 Å². The van der Waals surface area contributed by atoms with Gasteiger partial charge >= 0.3 is 12.2 Å². The third-order valence-corrected chi connectivity index (χ3v) is 7.80. The highest BCUT2D eigenvalue weighted by molar-refractivity contribution is 6.03. The summed E-state index contributed by atoms with van der Waals surface area (Å²) >= 11 is 0. The minimum Gasteiger partial charge on any atom is -0.372 e. The number of hydrogen-bond acceptors (Lipinski definition) is 4. The molecule has 1 N–H and O–H groups in total. The molecule has 4 atom stereocenters. The second kappa shape index (κ2) is 11.6. The maximum Gasteiger partial charge on any atom is 0.416 e. The van der Waals surface area contributed by atoms with Crippen LogP contribution in [0.4, 0.5) is 18.0 Å². The average molecular weight is 583 g/mol. The van der Waals surface area contributed by atoms with Gasteiger partial charge in [-0.05, 0) is 31.0 Å². The summed E-state index contributed by atoms with van der Waals surface area (Å²) < 4.78 is 48.0. The first-order chi connectivity index (χ1) is 20.0. The van der Waals surface area contributed by atoms with Gasteiger partial charge in [-0.3, -0.25) is 14.5 Å². The summed E-state index contributed by atoms with van der Waals surface area (Å²) in [5, 5.41) is 2.62. The normalized spacial score (nSPS) is 23.5. The lowest BCUT2D eigenvalue weighted by Gasteiger charge is -2.39. The molecule has 1 fully saturated rings. The molecular weight excluding hydrogens is 549 g/mol. The number of alkyl halides is 3. The van der Waals surface area contributed by atoms with E-state index in [9.17, 15) is 27.6 Å². The van der Waals surface area contributed by atoms with Gasteiger partial charge in [-0.25, -0.2) is 4.79 Å². The van der Waals surface area contributed by atoms with E-state index in [1.807, 2.05) is 44.2 Å². The smallest absolute Gasteiger partial charge is 0.372 e. The lowest BCUT2D eigenvalue weighted by atomic mass is 9.91. The second-order valence-electron chi connectivity index (χ2n) is 10.9. The van der Waals surface area contributed by atoms with Gasteiger partial charge in [0.15, 0.2) is 0 Å². The zero-order chi connectivity index (χ0) is 30.2. The van der Waals surface area contributed by atoms with Gasteiger partial charge in [-0.1, -0.05) is 54.6 Å². The average Bonchev–Trinajstić information content (AvgIpc) is 3.29. The summed E-state index contributed by atoms with van der Waals surface area (Å²) in [4.78, 5) is 46.0. The summed E-state index contributed by atoms with van der Waals surface area (Å²) in [5.74, 6) is -0.875. The molecule has 4 amide bonds. The Bertz CT molecular complexity index is 1400. The predicted molar refractivity (Wildman–Crippen MR) is 149 cm³/mol. The van der Waals surface area contributed by atoms with Gasteiger partial charge in [0.2, 0.25) is 5.91 Å². The fraction of sp³-hybridized carbons (Fsp3) is 0.387. The largest absolute Gasteiger partial charge is 0.416 e. The zero-order valence-corrected chi connectivity index (χ0v) is 23.4. The topological polar surface area (TPSA) is 82.2 Å². The molecule has 8 nitrogen and oxygen atoms in total. The van der Waals surface area contributed by atoms with Gasteiger partial charge in [0, 0.05) is 26.1 Å². The molecule has 3 aliphatic heterocycles. The summed E-state index contributed by atoms with van der Waals surface area (Å²) in [5.41, 5.74) is -0.0817. The van der Waals surface area contributed by atoms with Crippen molar-refractivity contribution >= 4 is 17.8 Å². The molecule has 3 aliphatic rings. The number of carbonyl (C=O) groups excluding carboxylic acids is 3. The monoisotopic (exact) mass is 582 g/mol. The Kier molecular flexibility index (Phi) is 8.14. The number of morpholine rings is 1. The molecule has 5 rings (SSSR count). The molecule has 222 valence electrons. The van der Waals surface area contributed by atoms with Crippen molar-refractivity contribution in [1.29, 1.82) is 0 Å². The van der Waals surface area contributed by atoms with E-state index in [0.717, 1.165) is 11.6 Å². The third-order valence-electron chi connectivity index (χ3n) is 7.80. The molecular formula is C31H33F3N4O4. The van der Waals surface area contributed by atoms with E-state index < -0.39 is 35.8 Å². The van der Waals surface area contributed by atoms with Crippen LogP contribution in [-0.4, -0.2) is 77.0 Å². The lowest BCUT2D eigenvalue weighted by molar-refractivity contribution is -0.151. The first kappa shape index (κ1) is 29.4. The molecule has 2 aromatic rings. The summed E-state index contributed by atoms with van der Waals surface area (Å²) in [6, 6.07) is 11.2. The molecule has 42 heavy (non-hydrogen) atoms. The van der Waals surface area contributed by atoms with Crippen LogP contribution in [0.15, 0.2) is 78.5 Å². The first-order valence-corrected chi connectivity index (χ1v) is 13.9. The Hall–Kier alpha value is -4.12. The first-order valence-electron chi connectivity index (χ1n) is 13.9. The molecule has 0 unspecified atom stereocenters. The highest BCUT2D eigenvalue weighted by Gasteiger charge is 2.49. The number of urea groups is 1. The van der Waals surface area contributed by atoms with Crippen LogP contribution < -0.4 is 5.32 Å². The second-order valence-corrected chi connectivity index (χ2v) is 10.9. The molecule has 0 radical (unpaired) electrons. The number of hydrogen-bond donors (Lipinski definition) is 1. The Morgan fingerprint density at radius 3 is 2.36 bits per heavy atom. The molecule has 0 spiro atoms. The van der Waals surface area contributed by atoms with E-state index in [0.29, 0.717) is 13.1 Å². The fourth-order valence-electron chi connectivity index (χ4n) is 6.06. The predicted octanol–water partition coefficient (Wildman–Crippen LogP) is 4.30. The van der Waals surface area contributed by atoms with Gasteiger partial charge in [-0.15, -0.1) is 6.58 Å². The number of nitrogens with zero attached hydrogens (tertiary/aromatic N) is 3. The SMILES string of the molecule is C=CCN1C(=O)N[C@H](c2ccccc2C(F)(F)F)C2=C1CN([C@H](Cc1ccccc1)C(=O)N1C[C@@H](C)O[C@@H](C)C1)C2=O. The van der Waals surface area contributed by atoms with Crippen LogP contribution in [0, 0.1) is 0 Å². The van der Waals surface area contributed by atoms with E-state index in [1.54, 1.807) is 4.90 Å². The molecule has 2 aromatic carbocycles. The number of nitrogens with one attached hydrogen (secondary N) is 1. The lowest BCUT2D eigenvalue weighted by Crippen LogP contribution is -2.56. The highest BCUT2D eigenvalue weighted by atomic mass is 19.4. The maximum atomic E-state index is 14.3. The number of rotatable bonds is 7. The highest BCUT2D eigenvalue weighted by Crippen LogP contribution is 2.42. The van der Waals surface area contributed by atoms with Gasteiger partial charge in [-0.2, -0.15) is 13.2 Å². The summed E-state index contributed by atoms with van der Waals surface area (Å²) in [6.45, 7) is 8.05. The van der Waals surface area contributed by atoms with Crippen molar-refractivity contribution < 1.29 is 32.3 Å². The van der Waals surface area contributed by atoms with Crippen LogP contribution in [0.5, 0.6) is 0 Å². The number of ether oxygens (including phenoxy) is 1. The van der Waals surface area contributed by atoms with E-state index in [1.165, 1.54) is 34.1 Å². The fourth-order valence-corrected chi connectivity index (χ4v) is 6.06. The molecule has 0 aromatic heterocycles. The number of amides is 4. The van der Waals surface area contributed by atoms with Gasteiger partial charge < -0.3 is 19.9 Å². The third kappa shape index (κ3) is 5.65. The van der Waals surface area contributed by atoms with Gasteiger partial charge in [0.05, 0.1) is 41.6 Å². The Labute approximate surface area is 242 Å². The molecule has 3 heterocycles. The van der Waals surface area contributed by atoms with Crippen molar-refractivity contribution in [2.75, 3.05) is 26.2 Å². The Morgan fingerprint density at radius 1 is 1.07 bits per heavy atom. The molecule has 0 bridgehead atoms. The number of carbonyl (C=O) groups is 3. The van der Waals surface area contributed by atoms with Crippen molar-refractivity contribution in [2.24, 2.45) is 0 Å². The van der Waals surface area contributed by atoms with Crippen LogP contribution in [0.1, 0.15) is 36.6 Å². The van der Waals surface area contributed by atoms with Crippen molar-refractivity contribution in [2.45, 2.75) is 50.7 Å². The maximum absolute atomic E-state index is 14.3. The van der Waals surface area contributed by atoms with E-state index in [2.05, 4.69) is 11.9 Å². The summed E-state index contributed by atoms with van der Waals surface area (Å²) in [7, 11) is 0. The minimum absolute atomic E-state index is 0.0164. The molecule has 0 saturated carbocycles. The Balaban J connectivity index is 1.57. The molecule has 0 aliphatic carbocycles. The van der Waals surface area contributed by atoms with Crippen molar-refractivity contribution in [3.8, 4) is 0 Å². The quantitative estimate of drug-likeness (QED) is 0.494. The minimum atomic E-state index is -4.71. The van der Waals surface area contributed by atoms with E-state index in [-0.39, 0.29) is 54.5 Å². The van der Waals surface area contributed by atoms with Crippen LogP contribution in [0.25, 0.3) is 0 Å².